The summed E-state index contributed by atoms with van der Waals surface area (Å²) in [5.74, 6) is -0.822. The zero-order valence-corrected chi connectivity index (χ0v) is 20.0. The molecule has 164 valence electrons. The number of benzene rings is 2. The van der Waals surface area contributed by atoms with E-state index < -0.39 is 18.0 Å². The Morgan fingerprint density at radius 3 is 2.26 bits per heavy atom. The number of methoxy groups -OCH3 is 1. The third kappa shape index (κ3) is 5.92. The summed E-state index contributed by atoms with van der Waals surface area (Å²) in [6.07, 6.45) is 0.429. The van der Waals surface area contributed by atoms with E-state index in [9.17, 15) is 9.59 Å². The number of aromatic nitrogens is 1. The van der Waals surface area contributed by atoms with Gasteiger partial charge in [0.05, 0.1) is 13.7 Å². The molecule has 1 atom stereocenters. The summed E-state index contributed by atoms with van der Waals surface area (Å²) in [6.45, 7) is 3.90. The highest BCUT2D eigenvalue weighted by Gasteiger charge is 2.33. The number of carbonyl (C=O) groups is 2. The van der Waals surface area contributed by atoms with Gasteiger partial charge >= 0.3 is 11.9 Å². The van der Waals surface area contributed by atoms with E-state index in [-0.39, 0.29) is 23.6 Å². The first-order valence-corrected chi connectivity index (χ1v) is 10.5. The number of anilines is 1. The standard InChI is InChI=1S/C23H24N2O4S.BrH/c1-4-29-23(27)20-16(2)25(18-13-9-6-10-14-18)30-21(20)24-19(22(26)28-3)15-17-11-7-5-8-12-17;/h5-14,19H,4,15H2,1-3H3;1H/t19-;/m0./s1. The first-order valence-electron chi connectivity index (χ1n) is 9.71. The Kier molecular flexibility index (Phi) is 9.21. The van der Waals surface area contributed by atoms with Crippen LogP contribution in [0.2, 0.25) is 0 Å². The highest BCUT2D eigenvalue weighted by molar-refractivity contribution is 7.07. The number of ether oxygens (including phenoxy) is 2. The minimum absolute atomic E-state index is 0. The van der Waals surface area contributed by atoms with Crippen LogP contribution in [0.1, 0.15) is 28.5 Å². The zero-order valence-electron chi connectivity index (χ0n) is 17.6. The SMILES string of the molecule is CCOC(=O)c1c(N[C@@H](Cc2ccccc2)C(=O)OC)s[n+](-c2ccccc2)c1C.[Br-]. The van der Waals surface area contributed by atoms with Gasteiger partial charge < -0.3 is 31.8 Å². The van der Waals surface area contributed by atoms with Crippen LogP contribution < -0.4 is 26.3 Å². The molecule has 8 heteroatoms. The molecule has 0 unspecified atom stereocenters. The van der Waals surface area contributed by atoms with Crippen LogP contribution >= 0.6 is 11.5 Å². The van der Waals surface area contributed by atoms with Crippen LogP contribution in [0.15, 0.2) is 60.7 Å². The fourth-order valence-corrected chi connectivity index (χ4v) is 4.32. The smallest absolute Gasteiger partial charge is 0.347 e. The lowest BCUT2D eigenvalue weighted by Crippen LogP contribution is -3.00. The van der Waals surface area contributed by atoms with E-state index in [2.05, 4.69) is 5.32 Å². The van der Waals surface area contributed by atoms with Gasteiger partial charge in [0.2, 0.25) is 11.4 Å². The van der Waals surface area contributed by atoms with Crippen molar-refractivity contribution in [1.82, 2.24) is 0 Å². The highest BCUT2D eigenvalue weighted by atomic mass is 79.9. The minimum Gasteiger partial charge on any atom is -1.00 e. The van der Waals surface area contributed by atoms with E-state index in [0.29, 0.717) is 17.0 Å². The molecule has 1 N–H and O–H groups in total. The molecule has 0 saturated heterocycles. The Balaban J connectivity index is 0.00000341. The van der Waals surface area contributed by atoms with Gasteiger partial charge in [-0.05, 0) is 12.5 Å². The van der Waals surface area contributed by atoms with Gasteiger partial charge in [-0.2, -0.15) is 0 Å². The van der Waals surface area contributed by atoms with Gasteiger partial charge in [-0.25, -0.2) is 9.59 Å². The van der Waals surface area contributed by atoms with Crippen molar-refractivity contribution in [3.8, 4) is 5.69 Å². The lowest BCUT2D eigenvalue weighted by atomic mass is 10.1. The molecule has 0 aliphatic heterocycles. The van der Waals surface area contributed by atoms with Gasteiger partial charge in [0.1, 0.15) is 6.04 Å². The molecule has 0 aliphatic rings. The topological polar surface area (TPSA) is 68.5 Å². The number of esters is 2. The Labute approximate surface area is 196 Å². The number of hydrogen-bond donors (Lipinski definition) is 1. The first-order chi connectivity index (χ1) is 14.5. The Morgan fingerprint density at radius 1 is 1.06 bits per heavy atom. The molecule has 0 spiro atoms. The van der Waals surface area contributed by atoms with E-state index in [1.807, 2.05) is 71.5 Å². The number of nitrogens with zero attached hydrogens (tertiary/aromatic N) is 1. The highest BCUT2D eigenvalue weighted by Crippen LogP contribution is 2.27. The van der Waals surface area contributed by atoms with Gasteiger partial charge in [-0.1, -0.05) is 52.5 Å². The minimum atomic E-state index is -0.646. The average molecular weight is 505 g/mol. The number of nitrogens with one attached hydrogen (secondary N) is 1. The molecule has 6 nitrogen and oxygen atoms in total. The van der Waals surface area contributed by atoms with Crippen molar-refractivity contribution < 1.29 is 40.0 Å². The number of carbonyl (C=O) groups excluding carboxylic acids is 2. The van der Waals surface area contributed by atoms with Crippen LogP contribution in [0.3, 0.4) is 0 Å². The maximum Gasteiger partial charge on any atom is 0.347 e. The third-order valence-electron chi connectivity index (χ3n) is 4.62. The van der Waals surface area contributed by atoms with Gasteiger partial charge in [0, 0.05) is 25.5 Å². The molecular weight excluding hydrogens is 480 g/mol. The van der Waals surface area contributed by atoms with E-state index in [0.717, 1.165) is 16.9 Å². The molecule has 0 saturated carbocycles. The maximum atomic E-state index is 12.7. The van der Waals surface area contributed by atoms with Gasteiger partial charge in [0.15, 0.2) is 22.1 Å². The molecule has 0 amide bonds. The van der Waals surface area contributed by atoms with E-state index in [4.69, 9.17) is 9.47 Å². The summed E-state index contributed by atoms with van der Waals surface area (Å²) in [5.41, 5.74) is 3.08. The number of halogens is 1. The van der Waals surface area contributed by atoms with Crippen molar-refractivity contribution in [2.75, 3.05) is 19.0 Å². The molecule has 31 heavy (non-hydrogen) atoms. The van der Waals surface area contributed by atoms with Crippen molar-refractivity contribution >= 4 is 28.5 Å². The molecule has 1 heterocycles. The fourth-order valence-electron chi connectivity index (χ4n) is 3.17. The van der Waals surface area contributed by atoms with Crippen molar-refractivity contribution in [2.24, 2.45) is 0 Å². The molecule has 2 aromatic carbocycles. The van der Waals surface area contributed by atoms with Gasteiger partial charge in [-0.3, -0.25) is 0 Å². The number of para-hydroxylation sites is 1. The Hall–Kier alpha value is -2.71. The molecule has 0 radical (unpaired) electrons. The second kappa shape index (κ2) is 11.6. The van der Waals surface area contributed by atoms with Crippen molar-refractivity contribution in [1.29, 1.82) is 0 Å². The molecule has 0 bridgehead atoms. The van der Waals surface area contributed by atoms with Crippen LogP contribution in [-0.2, 0) is 20.7 Å². The molecule has 0 fully saturated rings. The lowest BCUT2D eigenvalue weighted by molar-refractivity contribution is -0.527. The molecule has 3 rings (SSSR count). The molecule has 3 aromatic rings. The molecule has 0 aliphatic carbocycles. The number of hydrogen-bond acceptors (Lipinski definition) is 6. The van der Waals surface area contributed by atoms with Crippen LogP contribution in [0.25, 0.3) is 5.69 Å². The predicted octanol–water partition coefficient (Wildman–Crippen LogP) is 0.710. The third-order valence-corrected chi connectivity index (χ3v) is 5.79. The second-order valence-electron chi connectivity index (χ2n) is 6.64. The second-order valence-corrected chi connectivity index (χ2v) is 7.60. The van der Waals surface area contributed by atoms with E-state index >= 15 is 0 Å². The summed E-state index contributed by atoms with van der Waals surface area (Å²) < 4.78 is 12.2. The largest absolute Gasteiger partial charge is 1.00 e. The van der Waals surface area contributed by atoms with Crippen molar-refractivity contribution in [2.45, 2.75) is 26.3 Å². The summed E-state index contributed by atoms with van der Waals surface area (Å²) >= 11 is 1.36. The average Bonchev–Trinajstić information content (AvgIpc) is 3.10. The normalized spacial score (nSPS) is 11.2. The van der Waals surface area contributed by atoms with Crippen molar-refractivity contribution in [3.63, 3.8) is 0 Å². The van der Waals surface area contributed by atoms with E-state index in [1.165, 1.54) is 18.6 Å². The Bertz CT molecular complexity index is 1010. The molecule has 1 aromatic heterocycles. The lowest BCUT2D eigenvalue weighted by Gasteiger charge is -2.16. The van der Waals surface area contributed by atoms with Crippen LogP contribution in [0.4, 0.5) is 5.00 Å². The summed E-state index contributed by atoms with van der Waals surface area (Å²) in [6, 6.07) is 18.8. The monoisotopic (exact) mass is 504 g/mol. The van der Waals surface area contributed by atoms with E-state index in [1.54, 1.807) is 6.92 Å². The van der Waals surface area contributed by atoms with Crippen LogP contribution in [0, 0.1) is 6.92 Å². The van der Waals surface area contributed by atoms with Crippen LogP contribution in [0.5, 0.6) is 0 Å². The predicted molar refractivity (Wildman–Crippen MR) is 116 cm³/mol. The Morgan fingerprint density at radius 2 is 1.68 bits per heavy atom. The summed E-state index contributed by atoms with van der Waals surface area (Å²) in [4.78, 5) is 25.2. The zero-order chi connectivity index (χ0) is 21.5. The maximum absolute atomic E-state index is 12.7. The van der Waals surface area contributed by atoms with Gasteiger partial charge in [-0.15, -0.1) is 0 Å². The van der Waals surface area contributed by atoms with Gasteiger partial charge in [0.25, 0.3) is 0 Å². The fraction of sp³-hybridized carbons (Fsp3) is 0.261. The number of rotatable bonds is 8. The van der Waals surface area contributed by atoms with Crippen LogP contribution in [-0.4, -0.2) is 31.7 Å². The molecular formula is C23H25BrN2O4S. The summed E-state index contributed by atoms with van der Waals surface area (Å²) in [5, 5.41) is 3.81. The summed E-state index contributed by atoms with van der Waals surface area (Å²) in [7, 11) is 1.36. The van der Waals surface area contributed by atoms with Crippen molar-refractivity contribution in [3.05, 3.63) is 77.5 Å². The quantitative estimate of drug-likeness (QED) is 0.361. The first kappa shape index (κ1) is 24.6.